The Bertz CT molecular complexity index is 1030. The molecule has 29 heavy (non-hydrogen) atoms. The number of hydrogen-bond donors (Lipinski definition) is 0. The van der Waals surface area contributed by atoms with E-state index in [-0.39, 0.29) is 17.9 Å². The van der Waals surface area contributed by atoms with Gasteiger partial charge in [0.25, 0.3) is 5.91 Å². The molecule has 1 saturated heterocycles. The second kappa shape index (κ2) is 7.28. The van der Waals surface area contributed by atoms with E-state index in [9.17, 15) is 4.79 Å². The first-order valence-corrected chi connectivity index (χ1v) is 10.7. The van der Waals surface area contributed by atoms with Crippen LogP contribution in [0.1, 0.15) is 98.3 Å². The van der Waals surface area contributed by atoms with Crippen molar-refractivity contribution in [1.82, 2.24) is 24.4 Å². The van der Waals surface area contributed by atoms with E-state index in [1.807, 2.05) is 43.1 Å². The van der Waals surface area contributed by atoms with Crippen molar-refractivity contribution >= 4 is 11.4 Å². The molecule has 2 aliphatic rings. The molecule has 3 aromatic rings. The summed E-state index contributed by atoms with van der Waals surface area (Å²) >= 11 is 0. The van der Waals surface area contributed by atoms with Gasteiger partial charge in [0.2, 0.25) is 5.89 Å². The van der Waals surface area contributed by atoms with E-state index >= 15 is 0 Å². The van der Waals surface area contributed by atoms with Gasteiger partial charge < -0.3 is 13.8 Å². The lowest BCUT2D eigenvalue weighted by Gasteiger charge is -2.27. The quantitative estimate of drug-likeness (QED) is 0.653. The number of aromatic nitrogens is 4. The van der Waals surface area contributed by atoms with Crippen LogP contribution in [0.4, 0.5) is 0 Å². The molecular weight excluding hydrogens is 366 g/mol. The van der Waals surface area contributed by atoms with Gasteiger partial charge in [-0.15, -0.1) is 0 Å². The number of hydrogen-bond acceptors (Lipinski definition) is 5. The van der Waals surface area contributed by atoms with Crippen LogP contribution in [0.25, 0.3) is 5.52 Å². The van der Waals surface area contributed by atoms with Crippen LogP contribution in [-0.2, 0) is 0 Å². The van der Waals surface area contributed by atoms with Crippen molar-refractivity contribution in [2.45, 2.75) is 70.3 Å². The lowest BCUT2D eigenvalue weighted by Crippen LogP contribution is -2.35. The molecule has 1 saturated carbocycles. The second-order valence-electron chi connectivity index (χ2n) is 8.56. The Morgan fingerprint density at radius 1 is 1.14 bits per heavy atom. The molecule has 1 amide bonds. The summed E-state index contributed by atoms with van der Waals surface area (Å²) < 4.78 is 7.54. The fourth-order valence-corrected chi connectivity index (χ4v) is 4.22. The molecule has 0 bridgehead atoms. The average Bonchev–Trinajstić information content (AvgIpc) is 3.39. The number of amides is 1. The van der Waals surface area contributed by atoms with E-state index in [1.54, 1.807) is 0 Å². The van der Waals surface area contributed by atoms with Crippen LogP contribution in [0.2, 0.25) is 0 Å². The van der Waals surface area contributed by atoms with Crippen LogP contribution < -0.4 is 0 Å². The third-order valence-corrected chi connectivity index (χ3v) is 5.98. The van der Waals surface area contributed by atoms with Gasteiger partial charge in [0, 0.05) is 24.6 Å². The van der Waals surface area contributed by atoms with Crippen molar-refractivity contribution in [3.05, 3.63) is 47.6 Å². The third-order valence-electron chi connectivity index (χ3n) is 5.98. The Hall–Kier alpha value is -2.70. The Balaban J connectivity index is 1.53. The fourth-order valence-electron chi connectivity index (χ4n) is 4.22. The topological polar surface area (TPSA) is 76.5 Å². The van der Waals surface area contributed by atoms with E-state index in [2.05, 4.69) is 14.5 Å². The highest BCUT2D eigenvalue weighted by molar-refractivity contribution is 5.99. The smallest absolute Gasteiger partial charge is 0.275 e. The number of likely N-dealkylation sites (tertiary alicyclic amines) is 1. The maximum atomic E-state index is 13.7. The van der Waals surface area contributed by atoms with Crippen LogP contribution in [0, 0.1) is 0 Å². The number of imidazole rings is 1. The largest absolute Gasteiger partial charge is 0.339 e. The van der Waals surface area contributed by atoms with Gasteiger partial charge in [0.05, 0.1) is 11.6 Å². The van der Waals surface area contributed by atoms with E-state index in [4.69, 9.17) is 9.51 Å². The van der Waals surface area contributed by atoms with Gasteiger partial charge in [-0.1, -0.05) is 37.9 Å². The van der Waals surface area contributed by atoms with Crippen molar-refractivity contribution in [2.75, 3.05) is 6.54 Å². The highest BCUT2D eigenvalue weighted by atomic mass is 16.5. The third kappa shape index (κ3) is 3.32. The molecule has 2 fully saturated rings. The lowest BCUT2D eigenvalue weighted by molar-refractivity contribution is 0.0667. The van der Waals surface area contributed by atoms with Crippen molar-refractivity contribution in [3.8, 4) is 0 Å². The molecule has 0 spiro atoms. The van der Waals surface area contributed by atoms with Gasteiger partial charge in [0.1, 0.15) is 5.82 Å². The molecule has 0 N–H and O–H groups in total. The van der Waals surface area contributed by atoms with Crippen LogP contribution in [-0.4, -0.2) is 36.9 Å². The summed E-state index contributed by atoms with van der Waals surface area (Å²) in [6, 6.07) is 5.80. The number of rotatable bonds is 4. The van der Waals surface area contributed by atoms with E-state index in [1.165, 1.54) is 0 Å². The first-order chi connectivity index (χ1) is 14.1. The minimum atomic E-state index is -0.161. The summed E-state index contributed by atoms with van der Waals surface area (Å²) in [7, 11) is 0. The van der Waals surface area contributed by atoms with Crippen molar-refractivity contribution < 1.29 is 9.32 Å². The van der Waals surface area contributed by atoms with Gasteiger partial charge in [-0.25, -0.2) is 4.98 Å². The molecule has 152 valence electrons. The molecule has 0 aromatic carbocycles. The molecule has 0 radical (unpaired) electrons. The lowest BCUT2D eigenvalue weighted by atomic mass is 10.1. The van der Waals surface area contributed by atoms with Crippen molar-refractivity contribution in [3.63, 3.8) is 0 Å². The monoisotopic (exact) mass is 393 g/mol. The molecular formula is C22H27N5O2. The average molecular weight is 393 g/mol. The Kier molecular flexibility index (Phi) is 4.60. The van der Waals surface area contributed by atoms with Gasteiger partial charge in [0.15, 0.2) is 11.5 Å². The first-order valence-electron chi connectivity index (χ1n) is 10.7. The molecule has 1 aliphatic heterocycles. The molecule has 1 aliphatic carbocycles. The first kappa shape index (κ1) is 18.3. The zero-order valence-corrected chi connectivity index (χ0v) is 17.0. The maximum absolute atomic E-state index is 13.7. The van der Waals surface area contributed by atoms with E-state index in [0.717, 1.165) is 49.9 Å². The number of carbonyl (C=O) groups is 1. The normalized spacial score (nSPS) is 20.4. The summed E-state index contributed by atoms with van der Waals surface area (Å²) in [5.41, 5.74) is 1.44. The molecule has 4 heterocycles. The summed E-state index contributed by atoms with van der Waals surface area (Å²) in [5.74, 6) is 2.87. The Morgan fingerprint density at radius 3 is 2.76 bits per heavy atom. The van der Waals surface area contributed by atoms with Crippen LogP contribution in [0.3, 0.4) is 0 Å². The second-order valence-corrected chi connectivity index (χ2v) is 8.56. The number of carbonyl (C=O) groups excluding carboxylic acids is 1. The maximum Gasteiger partial charge on any atom is 0.275 e. The van der Waals surface area contributed by atoms with Crippen molar-refractivity contribution in [1.29, 1.82) is 0 Å². The predicted octanol–water partition coefficient (Wildman–Crippen LogP) is 4.48. The Labute approximate surface area is 170 Å². The Morgan fingerprint density at radius 2 is 2.00 bits per heavy atom. The van der Waals surface area contributed by atoms with Gasteiger partial charge in [-0.05, 0) is 37.8 Å². The van der Waals surface area contributed by atoms with Gasteiger partial charge in [-0.2, -0.15) is 4.98 Å². The SMILES string of the molecule is CC(C)c1nc(C2CCCCCN2C(=O)c2nc(C3CC3)n3ccccc23)no1. The molecule has 1 atom stereocenters. The van der Waals surface area contributed by atoms with Gasteiger partial charge in [-0.3, -0.25) is 4.79 Å². The van der Waals surface area contributed by atoms with Crippen LogP contribution in [0.5, 0.6) is 0 Å². The number of fused-ring (bicyclic) bond motifs is 1. The van der Waals surface area contributed by atoms with Crippen molar-refractivity contribution in [2.24, 2.45) is 0 Å². The molecule has 1 unspecified atom stereocenters. The zero-order valence-electron chi connectivity index (χ0n) is 17.0. The highest BCUT2D eigenvalue weighted by Gasteiger charge is 2.35. The number of pyridine rings is 1. The zero-order chi connectivity index (χ0) is 20.0. The molecule has 3 aromatic heterocycles. The van der Waals surface area contributed by atoms with E-state index < -0.39 is 0 Å². The fraction of sp³-hybridized carbons (Fsp3) is 0.545. The van der Waals surface area contributed by atoms with Gasteiger partial charge >= 0.3 is 0 Å². The standard InChI is InChI=1S/C22H27N5O2/c1-14(2)21-24-19(25-29-21)17-9-4-3-6-13-27(17)22(28)18-16-8-5-7-12-26(16)20(23-18)15-10-11-15/h5,7-8,12,14-15,17H,3-4,6,9-11,13H2,1-2H3. The summed E-state index contributed by atoms with van der Waals surface area (Å²) in [4.78, 5) is 25.1. The number of nitrogens with zero attached hydrogens (tertiary/aromatic N) is 5. The molecule has 7 heteroatoms. The van der Waals surface area contributed by atoms with E-state index in [0.29, 0.717) is 29.9 Å². The summed E-state index contributed by atoms with van der Waals surface area (Å²) in [6.45, 7) is 4.76. The highest BCUT2D eigenvalue weighted by Crippen LogP contribution is 2.40. The molecule has 5 rings (SSSR count). The summed E-state index contributed by atoms with van der Waals surface area (Å²) in [5, 5.41) is 4.23. The minimum Gasteiger partial charge on any atom is -0.339 e. The predicted molar refractivity (Wildman–Crippen MR) is 108 cm³/mol. The van der Waals surface area contributed by atoms with Crippen LogP contribution in [0.15, 0.2) is 28.9 Å². The van der Waals surface area contributed by atoms with Crippen LogP contribution >= 0.6 is 0 Å². The molecule has 7 nitrogen and oxygen atoms in total. The summed E-state index contributed by atoms with van der Waals surface area (Å²) in [6.07, 6.45) is 8.30. The minimum absolute atomic E-state index is 0.0246.